The van der Waals surface area contributed by atoms with Gasteiger partial charge in [0.15, 0.2) is 14.6 Å². The first-order chi connectivity index (χ1) is 13.8. The lowest BCUT2D eigenvalue weighted by atomic mass is 10.2. The average molecular weight is 436 g/mol. The predicted octanol–water partition coefficient (Wildman–Crippen LogP) is 2.06. The Hall–Kier alpha value is -2.85. The largest absolute Gasteiger partial charge is 0.468 e. The monoisotopic (exact) mass is 436 g/mol. The topological polar surface area (TPSA) is 94.8 Å². The molecule has 0 atom stereocenters. The SMILES string of the molecule is COC(=O)Cn1c(=NC(=O)CS(=O)(=O)Cc2ccccc2)sc2cccc(F)c21. The van der Waals surface area contributed by atoms with Gasteiger partial charge in [-0.3, -0.25) is 9.59 Å². The minimum Gasteiger partial charge on any atom is -0.468 e. The van der Waals surface area contributed by atoms with E-state index in [4.69, 9.17) is 0 Å². The van der Waals surface area contributed by atoms with E-state index in [0.717, 1.165) is 11.3 Å². The van der Waals surface area contributed by atoms with Gasteiger partial charge in [-0.15, -0.1) is 0 Å². The van der Waals surface area contributed by atoms with Crippen molar-refractivity contribution < 1.29 is 27.1 Å². The summed E-state index contributed by atoms with van der Waals surface area (Å²) in [4.78, 5) is 27.9. The zero-order valence-electron chi connectivity index (χ0n) is 15.4. The summed E-state index contributed by atoms with van der Waals surface area (Å²) in [5, 5.41) is 0. The van der Waals surface area contributed by atoms with Crippen molar-refractivity contribution in [2.24, 2.45) is 4.99 Å². The molecule has 10 heteroatoms. The molecule has 152 valence electrons. The fraction of sp³-hybridized carbons (Fsp3) is 0.211. The van der Waals surface area contributed by atoms with Gasteiger partial charge in [-0.05, 0) is 17.7 Å². The van der Waals surface area contributed by atoms with Crippen molar-refractivity contribution in [3.8, 4) is 0 Å². The third-order valence-corrected chi connectivity index (χ3v) is 6.46. The summed E-state index contributed by atoms with van der Waals surface area (Å²) < 4.78 is 45.2. The fourth-order valence-corrected chi connectivity index (χ4v) is 5.02. The fourth-order valence-electron chi connectivity index (χ4n) is 2.72. The van der Waals surface area contributed by atoms with Crippen LogP contribution in [-0.4, -0.2) is 37.7 Å². The molecule has 0 unspecified atom stereocenters. The van der Waals surface area contributed by atoms with E-state index in [1.807, 2.05) is 0 Å². The molecular weight excluding hydrogens is 419 g/mol. The van der Waals surface area contributed by atoms with Gasteiger partial charge in [-0.1, -0.05) is 47.7 Å². The maximum absolute atomic E-state index is 14.3. The Bertz CT molecular complexity index is 1230. The molecule has 0 aliphatic carbocycles. The van der Waals surface area contributed by atoms with Gasteiger partial charge in [-0.2, -0.15) is 4.99 Å². The first-order valence-corrected chi connectivity index (χ1v) is 11.1. The van der Waals surface area contributed by atoms with Crippen LogP contribution in [0.3, 0.4) is 0 Å². The van der Waals surface area contributed by atoms with E-state index in [0.29, 0.717) is 10.3 Å². The van der Waals surface area contributed by atoms with Gasteiger partial charge in [0, 0.05) is 0 Å². The molecule has 3 aromatic rings. The molecule has 0 saturated heterocycles. The van der Waals surface area contributed by atoms with Crippen molar-refractivity contribution in [3.63, 3.8) is 0 Å². The van der Waals surface area contributed by atoms with E-state index in [9.17, 15) is 22.4 Å². The molecule has 0 radical (unpaired) electrons. The second kappa shape index (κ2) is 8.66. The Kier molecular flexibility index (Phi) is 6.23. The van der Waals surface area contributed by atoms with Crippen LogP contribution in [0.25, 0.3) is 10.2 Å². The molecule has 0 fully saturated rings. The molecule has 1 heterocycles. The van der Waals surface area contributed by atoms with Crippen molar-refractivity contribution in [1.82, 2.24) is 4.57 Å². The minimum absolute atomic E-state index is 0.0235. The summed E-state index contributed by atoms with van der Waals surface area (Å²) in [6.45, 7) is -0.361. The number of amides is 1. The van der Waals surface area contributed by atoms with E-state index in [2.05, 4.69) is 9.73 Å². The third kappa shape index (κ3) is 5.15. The number of halogens is 1. The van der Waals surface area contributed by atoms with Gasteiger partial charge in [-0.25, -0.2) is 12.8 Å². The van der Waals surface area contributed by atoms with Crippen LogP contribution >= 0.6 is 11.3 Å². The van der Waals surface area contributed by atoms with Gasteiger partial charge >= 0.3 is 5.97 Å². The summed E-state index contributed by atoms with van der Waals surface area (Å²) >= 11 is 0.982. The highest BCUT2D eigenvalue weighted by molar-refractivity contribution is 7.91. The number of ether oxygens (including phenoxy) is 1. The number of benzene rings is 2. The van der Waals surface area contributed by atoms with Crippen LogP contribution < -0.4 is 4.80 Å². The van der Waals surface area contributed by atoms with Crippen LogP contribution in [-0.2, 0) is 36.5 Å². The number of thiazole rings is 1. The number of nitrogens with zero attached hydrogens (tertiary/aromatic N) is 2. The van der Waals surface area contributed by atoms with Gasteiger partial charge in [0.05, 0.1) is 23.1 Å². The number of hydrogen-bond donors (Lipinski definition) is 0. The molecule has 7 nitrogen and oxygen atoms in total. The van der Waals surface area contributed by atoms with Crippen molar-refractivity contribution in [1.29, 1.82) is 0 Å². The number of aromatic nitrogens is 1. The first kappa shape index (κ1) is 20.9. The summed E-state index contributed by atoms with van der Waals surface area (Å²) in [6, 6.07) is 12.8. The minimum atomic E-state index is -3.75. The molecule has 29 heavy (non-hydrogen) atoms. The van der Waals surface area contributed by atoms with Gasteiger partial charge in [0.1, 0.15) is 18.1 Å². The molecule has 0 aliphatic rings. The number of carbonyl (C=O) groups excluding carboxylic acids is 2. The van der Waals surface area contributed by atoms with Crippen molar-refractivity contribution in [3.05, 3.63) is 64.7 Å². The Morgan fingerprint density at radius 3 is 2.55 bits per heavy atom. The molecule has 0 bridgehead atoms. The number of para-hydroxylation sites is 1. The summed E-state index contributed by atoms with van der Waals surface area (Å²) in [5.41, 5.74) is 0.659. The molecular formula is C19H17FN2O5S2. The highest BCUT2D eigenvalue weighted by atomic mass is 32.2. The second-order valence-electron chi connectivity index (χ2n) is 6.16. The number of carbonyl (C=O) groups is 2. The Labute approximate surface area is 170 Å². The van der Waals surface area contributed by atoms with E-state index in [1.54, 1.807) is 36.4 Å². The standard InChI is InChI=1S/C19H17FN2O5S2/c1-27-17(24)10-22-18-14(20)8-5-9-15(18)28-19(22)21-16(23)12-29(25,26)11-13-6-3-2-4-7-13/h2-9H,10-12H2,1H3. The normalized spacial score (nSPS) is 12.3. The lowest BCUT2D eigenvalue weighted by molar-refractivity contribution is -0.141. The average Bonchev–Trinajstić information content (AvgIpc) is 2.99. The number of fused-ring (bicyclic) bond motifs is 1. The number of rotatable bonds is 6. The van der Waals surface area contributed by atoms with E-state index in [-0.39, 0.29) is 22.6 Å². The quantitative estimate of drug-likeness (QED) is 0.551. The van der Waals surface area contributed by atoms with Crippen molar-refractivity contribution in [2.75, 3.05) is 12.9 Å². The van der Waals surface area contributed by atoms with Crippen LogP contribution in [0.2, 0.25) is 0 Å². The van der Waals surface area contributed by atoms with Crippen molar-refractivity contribution >= 4 is 43.3 Å². The van der Waals surface area contributed by atoms with Gasteiger partial charge < -0.3 is 9.30 Å². The third-order valence-electron chi connectivity index (χ3n) is 3.96. The van der Waals surface area contributed by atoms with Crippen LogP contribution in [0.1, 0.15) is 5.56 Å². The first-order valence-electron chi connectivity index (χ1n) is 8.45. The maximum atomic E-state index is 14.3. The van der Waals surface area contributed by atoms with E-state index in [1.165, 1.54) is 23.8 Å². The van der Waals surface area contributed by atoms with Crippen LogP contribution in [0, 0.1) is 5.82 Å². The number of esters is 1. The van der Waals surface area contributed by atoms with Crippen LogP contribution in [0.5, 0.6) is 0 Å². The lowest BCUT2D eigenvalue weighted by Gasteiger charge is -2.04. The molecule has 0 spiro atoms. The number of methoxy groups -OCH3 is 1. The highest BCUT2D eigenvalue weighted by Gasteiger charge is 2.19. The molecule has 3 rings (SSSR count). The molecule has 0 N–H and O–H groups in total. The van der Waals surface area contributed by atoms with Gasteiger partial charge in [0.2, 0.25) is 0 Å². The molecule has 0 saturated carbocycles. The summed E-state index contributed by atoms with van der Waals surface area (Å²) in [6.07, 6.45) is 0. The smallest absolute Gasteiger partial charge is 0.325 e. The van der Waals surface area contributed by atoms with E-state index < -0.39 is 33.3 Å². The van der Waals surface area contributed by atoms with Crippen LogP contribution in [0.15, 0.2) is 53.5 Å². The Morgan fingerprint density at radius 1 is 1.14 bits per heavy atom. The predicted molar refractivity (Wildman–Crippen MR) is 106 cm³/mol. The number of hydrogen-bond acceptors (Lipinski definition) is 6. The Balaban J connectivity index is 1.94. The molecule has 1 aromatic heterocycles. The molecule has 1 amide bonds. The second-order valence-corrected chi connectivity index (χ2v) is 9.23. The molecule has 2 aromatic carbocycles. The highest BCUT2D eigenvalue weighted by Crippen LogP contribution is 2.20. The van der Waals surface area contributed by atoms with E-state index >= 15 is 0 Å². The molecule has 0 aliphatic heterocycles. The summed E-state index contributed by atoms with van der Waals surface area (Å²) in [5.74, 6) is -3.23. The Morgan fingerprint density at radius 2 is 1.86 bits per heavy atom. The van der Waals surface area contributed by atoms with Gasteiger partial charge in [0.25, 0.3) is 5.91 Å². The zero-order valence-corrected chi connectivity index (χ0v) is 17.0. The van der Waals surface area contributed by atoms with Crippen LogP contribution in [0.4, 0.5) is 4.39 Å². The zero-order chi connectivity index (χ0) is 21.0. The summed E-state index contributed by atoms with van der Waals surface area (Å²) in [7, 11) is -2.56. The maximum Gasteiger partial charge on any atom is 0.325 e. The van der Waals surface area contributed by atoms with Crippen molar-refractivity contribution in [2.45, 2.75) is 12.3 Å². The lowest BCUT2D eigenvalue weighted by Crippen LogP contribution is -2.24. The number of sulfone groups is 1.